The molecule has 73 valence electrons. The van der Waals surface area contributed by atoms with Crippen molar-refractivity contribution >= 4 is 22.1 Å². The number of carbonyl (C=O) groups excluding carboxylic acids is 1. The SMILES string of the molecule is C[N]C(=O)[C]1([Ga]([CH3])[CH3])CCCCC1. The van der Waals surface area contributed by atoms with Crippen LogP contribution in [0.15, 0.2) is 0 Å². The first kappa shape index (κ1) is 11.2. The summed E-state index contributed by atoms with van der Waals surface area (Å²) in [5.41, 5.74) is 4.67. The van der Waals surface area contributed by atoms with Crippen LogP contribution in [0, 0.1) is 0 Å². The van der Waals surface area contributed by atoms with Crippen LogP contribution in [0.2, 0.25) is 14.9 Å². The van der Waals surface area contributed by atoms with E-state index in [0.29, 0.717) is 0 Å². The summed E-state index contributed by atoms with van der Waals surface area (Å²) < 4.78 is 0.0694. The Labute approximate surface area is 86.5 Å². The Hall–Kier alpha value is 0.106. The normalized spacial score (nSPS) is 20.8. The fraction of sp³-hybridized carbons (Fsp3) is 0.900. The van der Waals surface area contributed by atoms with E-state index in [1.165, 1.54) is 19.3 Å². The molecule has 1 fully saturated rings. The molecule has 1 radical (unpaired) electrons. The molecule has 0 heterocycles. The first-order valence-electron chi connectivity index (χ1n) is 5.28. The maximum atomic E-state index is 11.8. The summed E-state index contributed by atoms with van der Waals surface area (Å²) in [6.07, 6.45) is 6.05. The molecular weight excluding hydrogens is 220 g/mol. The van der Waals surface area contributed by atoms with Gasteiger partial charge in [-0.25, -0.2) is 0 Å². The van der Waals surface area contributed by atoms with Gasteiger partial charge in [0.1, 0.15) is 0 Å². The molecule has 0 aromatic carbocycles. The van der Waals surface area contributed by atoms with Crippen LogP contribution in [0.3, 0.4) is 0 Å². The van der Waals surface area contributed by atoms with E-state index in [1.807, 2.05) is 0 Å². The van der Waals surface area contributed by atoms with Crippen molar-refractivity contribution < 1.29 is 4.79 Å². The summed E-state index contributed by atoms with van der Waals surface area (Å²) in [6.45, 7) is 0. The number of amides is 1. The van der Waals surface area contributed by atoms with Gasteiger partial charge in [0.15, 0.2) is 0 Å². The number of hydrogen-bond acceptors (Lipinski definition) is 1. The second kappa shape index (κ2) is 4.56. The molecule has 3 heteroatoms. The van der Waals surface area contributed by atoms with Crippen molar-refractivity contribution in [2.45, 2.75) is 47.0 Å². The molecule has 0 N–H and O–H groups in total. The predicted octanol–water partition coefficient (Wildman–Crippen LogP) is 2.21. The first-order valence-corrected chi connectivity index (χ1v) is 11.3. The monoisotopic (exact) mass is 238 g/mol. The van der Waals surface area contributed by atoms with Gasteiger partial charge in [-0.3, -0.25) is 0 Å². The molecule has 0 bridgehead atoms. The van der Waals surface area contributed by atoms with Gasteiger partial charge < -0.3 is 0 Å². The summed E-state index contributed by atoms with van der Waals surface area (Å²) in [5.74, 6) is 0.210. The van der Waals surface area contributed by atoms with Gasteiger partial charge in [-0.2, -0.15) is 0 Å². The van der Waals surface area contributed by atoms with Gasteiger partial charge in [-0.05, 0) is 0 Å². The zero-order valence-electron chi connectivity index (χ0n) is 8.97. The summed E-state index contributed by atoms with van der Waals surface area (Å²) in [4.78, 5) is 11.8. The van der Waals surface area contributed by atoms with Crippen molar-refractivity contribution in [2.75, 3.05) is 7.05 Å². The zero-order valence-corrected chi connectivity index (χ0v) is 11.4. The van der Waals surface area contributed by atoms with Crippen molar-refractivity contribution in [1.82, 2.24) is 5.32 Å². The number of carbonyl (C=O) groups is 1. The number of hydrogen-bond donors (Lipinski definition) is 0. The summed E-state index contributed by atoms with van der Waals surface area (Å²) in [6, 6.07) is 0. The molecule has 0 aliphatic heterocycles. The molecule has 0 saturated heterocycles. The Bertz CT molecular complexity index is 185. The van der Waals surface area contributed by atoms with Crippen LogP contribution in [-0.4, -0.2) is 29.2 Å². The van der Waals surface area contributed by atoms with Crippen molar-refractivity contribution in [3.63, 3.8) is 0 Å². The van der Waals surface area contributed by atoms with E-state index in [1.54, 1.807) is 7.05 Å². The van der Waals surface area contributed by atoms with Crippen molar-refractivity contribution in [3.8, 4) is 0 Å². The minimum absolute atomic E-state index is 0.0694. The average Bonchev–Trinajstić information content (AvgIpc) is 2.17. The van der Waals surface area contributed by atoms with Crippen molar-refractivity contribution in [2.24, 2.45) is 0 Å². The van der Waals surface area contributed by atoms with Crippen LogP contribution in [0.5, 0.6) is 0 Å². The van der Waals surface area contributed by atoms with Gasteiger partial charge in [-0.1, -0.05) is 0 Å². The minimum atomic E-state index is -1.38. The van der Waals surface area contributed by atoms with Gasteiger partial charge in [0, 0.05) is 0 Å². The second-order valence-electron chi connectivity index (χ2n) is 4.40. The van der Waals surface area contributed by atoms with Crippen LogP contribution in [0.25, 0.3) is 0 Å². The molecule has 13 heavy (non-hydrogen) atoms. The van der Waals surface area contributed by atoms with E-state index in [2.05, 4.69) is 16.3 Å². The fourth-order valence-corrected chi connectivity index (χ4v) is 7.03. The van der Waals surface area contributed by atoms with Gasteiger partial charge in [0.2, 0.25) is 0 Å². The molecule has 0 atom stereocenters. The molecule has 2 nitrogen and oxygen atoms in total. The van der Waals surface area contributed by atoms with E-state index in [-0.39, 0.29) is 9.88 Å². The molecule has 0 aromatic heterocycles. The average molecular weight is 239 g/mol. The molecular formula is C10H19GaNO. The third-order valence-corrected chi connectivity index (χ3v) is 9.85. The third-order valence-electron chi connectivity index (χ3n) is 3.48. The summed E-state index contributed by atoms with van der Waals surface area (Å²) >= 11 is -1.38. The van der Waals surface area contributed by atoms with Gasteiger partial charge in [-0.15, -0.1) is 0 Å². The number of rotatable bonds is 2. The number of nitrogens with zero attached hydrogens (tertiary/aromatic N) is 1. The van der Waals surface area contributed by atoms with Gasteiger partial charge in [0.25, 0.3) is 0 Å². The Morgan fingerprint density at radius 3 is 2.15 bits per heavy atom. The van der Waals surface area contributed by atoms with Crippen molar-refractivity contribution in [3.05, 3.63) is 0 Å². The molecule has 1 saturated carbocycles. The second-order valence-corrected chi connectivity index (χ2v) is 11.6. The van der Waals surface area contributed by atoms with Crippen LogP contribution < -0.4 is 5.32 Å². The van der Waals surface area contributed by atoms with Crippen molar-refractivity contribution in [1.29, 1.82) is 0 Å². The maximum absolute atomic E-state index is 11.8. The Morgan fingerprint density at radius 2 is 1.77 bits per heavy atom. The van der Waals surface area contributed by atoms with Gasteiger partial charge >= 0.3 is 86.3 Å². The van der Waals surface area contributed by atoms with Crippen LogP contribution >= 0.6 is 0 Å². The van der Waals surface area contributed by atoms with Crippen LogP contribution in [-0.2, 0) is 4.79 Å². The predicted molar refractivity (Wildman–Crippen MR) is 56.3 cm³/mol. The summed E-state index contributed by atoms with van der Waals surface area (Å²) in [5, 5.41) is 3.91. The van der Waals surface area contributed by atoms with E-state index in [9.17, 15) is 4.79 Å². The van der Waals surface area contributed by atoms with E-state index in [4.69, 9.17) is 0 Å². The molecule has 1 amide bonds. The molecule has 0 aromatic rings. The zero-order chi connectivity index (χ0) is 9.90. The molecule has 1 rings (SSSR count). The summed E-state index contributed by atoms with van der Waals surface area (Å²) in [7, 11) is 1.66. The molecule has 0 spiro atoms. The first-order chi connectivity index (χ1) is 6.13. The molecule has 0 unspecified atom stereocenters. The van der Waals surface area contributed by atoms with Gasteiger partial charge in [0.05, 0.1) is 0 Å². The Kier molecular flexibility index (Phi) is 3.92. The quantitative estimate of drug-likeness (QED) is 0.679. The third kappa shape index (κ3) is 2.13. The van der Waals surface area contributed by atoms with E-state index >= 15 is 0 Å². The molecule has 1 aliphatic carbocycles. The topological polar surface area (TPSA) is 31.2 Å². The Morgan fingerprint density at radius 1 is 1.23 bits per heavy atom. The molecule has 1 aliphatic rings. The fourth-order valence-electron chi connectivity index (χ4n) is 2.44. The van der Waals surface area contributed by atoms with E-state index < -0.39 is 16.2 Å². The standard InChI is InChI=1S/C8H13NO.2CH3.Ga/c1-9-8(10)7-5-3-2-4-6-7;;;/h2-6H2,1H3;2*1H3;. The Balaban J connectivity index is 2.79. The van der Waals surface area contributed by atoms with Crippen LogP contribution in [0.4, 0.5) is 0 Å². The van der Waals surface area contributed by atoms with E-state index in [0.717, 1.165) is 12.8 Å². The van der Waals surface area contributed by atoms with Crippen LogP contribution in [0.1, 0.15) is 32.1 Å².